The first-order chi connectivity index (χ1) is 14.1. The lowest BCUT2D eigenvalue weighted by Crippen LogP contribution is -2.48. The van der Waals surface area contributed by atoms with Gasteiger partial charge in [-0.2, -0.15) is 13.2 Å². The molecule has 1 aromatic heterocycles. The third-order valence-corrected chi connectivity index (χ3v) is 3.53. The van der Waals surface area contributed by atoms with Crippen molar-refractivity contribution in [1.82, 2.24) is 10.3 Å². The van der Waals surface area contributed by atoms with Crippen molar-refractivity contribution in [3.05, 3.63) is 53.2 Å². The molecule has 8 nitrogen and oxygen atoms in total. The minimum absolute atomic E-state index is 0.127. The number of carbonyl (C=O) groups is 2. The van der Waals surface area contributed by atoms with E-state index in [0.29, 0.717) is 6.07 Å². The number of halogens is 3. The Labute approximate surface area is 176 Å². The van der Waals surface area contributed by atoms with Crippen molar-refractivity contribution >= 4 is 19.9 Å². The van der Waals surface area contributed by atoms with Crippen molar-refractivity contribution in [2.24, 2.45) is 0 Å². The van der Waals surface area contributed by atoms with Gasteiger partial charge in [0.1, 0.15) is 22.7 Å². The van der Waals surface area contributed by atoms with Crippen LogP contribution in [0.5, 0.6) is 11.6 Å². The molecule has 1 atom stereocenters. The SMILES string of the molecule is [B]C(O)(NC(=O)OC(C)(C)C)c1cc(Oc2cccc(C(=O)O)c2)nc(C(F)(F)F)c1. The lowest BCUT2D eigenvalue weighted by molar-refractivity contribution is -0.141. The smallest absolute Gasteiger partial charge is 0.433 e. The van der Waals surface area contributed by atoms with E-state index in [9.17, 15) is 27.9 Å². The molecular weight excluding hydrogens is 420 g/mol. The van der Waals surface area contributed by atoms with Crippen LogP contribution in [0.25, 0.3) is 0 Å². The van der Waals surface area contributed by atoms with E-state index in [1.165, 1.54) is 39.0 Å². The number of ether oxygens (including phenoxy) is 2. The van der Waals surface area contributed by atoms with Gasteiger partial charge < -0.3 is 19.7 Å². The van der Waals surface area contributed by atoms with Crippen molar-refractivity contribution in [3.63, 3.8) is 0 Å². The molecule has 12 heteroatoms. The van der Waals surface area contributed by atoms with Crippen LogP contribution in [0.15, 0.2) is 36.4 Å². The summed E-state index contributed by atoms with van der Waals surface area (Å²) in [4.78, 5) is 26.3. The number of hydrogen-bond acceptors (Lipinski definition) is 6. The maximum absolute atomic E-state index is 13.3. The van der Waals surface area contributed by atoms with Crippen LogP contribution in [0, 0.1) is 0 Å². The Balaban J connectivity index is 2.43. The number of alkyl carbamates (subject to hydrolysis) is 1. The molecule has 0 spiro atoms. The molecule has 1 unspecified atom stereocenters. The number of carbonyl (C=O) groups excluding carboxylic acids is 1. The minimum atomic E-state index is -4.95. The summed E-state index contributed by atoms with van der Waals surface area (Å²) in [6, 6.07) is 6.22. The van der Waals surface area contributed by atoms with Gasteiger partial charge in [0.2, 0.25) is 5.88 Å². The molecule has 2 aromatic rings. The van der Waals surface area contributed by atoms with E-state index >= 15 is 0 Å². The summed E-state index contributed by atoms with van der Waals surface area (Å²) in [6.07, 6.45) is -6.13. The largest absolute Gasteiger partial charge is 0.478 e. The molecule has 1 heterocycles. The molecule has 1 amide bonds. The fourth-order valence-electron chi connectivity index (χ4n) is 2.27. The van der Waals surface area contributed by atoms with Gasteiger partial charge in [0.15, 0.2) is 7.85 Å². The molecule has 0 saturated carbocycles. The van der Waals surface area contributed by atoms with Crippen molar-refractivity contribution in [3.8, 4) is 11.6 Å². The van der Waals surface area contributed by atoms with Crippen LogP contribution in [0.4, 0.5) is 18.0 Å². The molecule has 164 valence electrons. The highest BCUT2D eigenvalue weighted by Gasteiger charge is 2.36. The molecule has 0 saturated heterocycles. The molecule has 1 aromatic carbocycles. The number of hydrogen-bond donors (Lipinski definition) is 3. The lowest BCUT2D eigenvalue weighted by atomic mass is 9.84. The fourth-order valence-corrected chi connectivity index (χ4v) is 2.27. The number of carboxylic acid groups (broad SMARTS) is 1. The van der Waals surface area contributed by atoms with Gasteiger partial charge in [-0.25, -0.2) is 14.6 Å². The molecule has 2 rings (SSSR count). The number of carboxylic acids is 1. The third-order valence-electron chi connectivity index (χ3n) is 3.53. The number of aromatic nitrogens is 1. The zero-order chi connectivity index (χ0) is 23.6. The molecule has 0 fully saturated rings. The number of nitrogens with zero attached hydrogens (tertiary/aromatic N) is 1. The highest BCUT2D eigenvalue weighted by molar-refractivity contribution is 6.15. The normalized spacial score (nSPS) is 13.8. The first kappa shape index (κ1) is 24.0. The fraction of sp³-hybridized carbons (Fsp3) is 0.316. The molecular formula is C19H18BF3N2O6. The van der Waals surface area contributed by atoms with Gasteiger partial charge in [-0.1, -0.05) is 6.07 Å². The van der Waals surface area contributed by atoms with Crippen molar-refractivity contribution in [2.45, 2.75) is 38.2 Å². The maximum Gasteiger partial charge on any atom is 0.433 e. The van der Waals surface area contributed by atoms with Crippen LogP contribution in [0.1, 0.15) is 42.4 Å². The molecule has 0 aliphatic carbocycles. The highest BCUT2D eigenvalue weighted by atomic mass is 19.4. The van der Waals surface area contributed by atoms with E-state index in [0.717, 1.165) is 12.1 Å². The highest BCUT2D eigenvalue weighted by Crippen LogP contribution is 2.33. The zero-order valence-corrected chi connectivity index (χ0v) is 16.6. The third kappa shape index (κ3) is 6.88. The molecule has 0 aliphatic heterocycles. The second-order valence-corrected chi connectivity index (χ2v) is 7.41. The Kier molecular flexibility index (Phi) is 6.55. The summed E-state index contributed by atoms with van der Waals surface area (Å²) >= 11 is 0. The van der Waals surface area contributed by atoms with Gasteiger partial charge in [0, 0.05) is 11.6 Å². The summed E-state index contributed by atoms with van der Waals surface area (Å²) in [6.45, 7) is 4.61. The number of benzene rings is 1. The first-order valence-electron chi connectivity index (χ1n) is 8.70. The Morgan fingerprint density at radius 2 is 1.77 bits per heavy atom. The van der Waals surface area contributed by atoms with Gasteiger partial charge in [-0.15, -0.1) is 0 Å². The van der Waals surface area contributed by atoms with Crippen LogP contribution in [0.3, 0.4) is 0 Å². The van der Waals surface area contributed by atoms with Crippen LogP contribution in [0.2, 0.25) is 0 Å². The van der Waals surface area contributed by atoms with E-state index in [2.05, 4.69) is 4.98 Å². The van der Waals surface area contributed by atoms with E-state index < -0.39 is 46.6 Å². The Bertz CT molecular complexity index is 989. The van der Waals surface area contributed by atoms with Crippen LogP contribution >= 0.6 is 0 Å². The molecule has 2 radical (unpaired) electrons. The van der Waals surface area contributed by atoms with Gasteiger partial charge in [-0.3, -0.25) is 5.32 Å². The number of aliphatic hydroxyl groups is 1. The number of pyridine rings is 1. The van der Waals surface area contributed by atoms with Gasteiger partial charge in [0.25, 0.3) is 0 Å². The van der Waals surface area contributed by atoms with Crippen LogP contribution in [-0.2, 0) is 16.5 Å². The molecule has 0 aliphatic rings. The zero-order valence-electron chi connectivity index (χ0n) is 16.6. The predicted molar refractivity (Wildman–Crippen MR) is 102 cm³/mol. The molecule has 0 bridgehead atoms. The maximum atomic E-state index is 13.3. The monoisotopic (exact) mass is 438 g/mol. The van der Waals surface area contributed by atoms with E-state index in [-0.39, 0.29) is 11.3 Å². The number of aromatic carboxylic acids is 1. The number of rotatable bonds is 5. The second-order valence-electron chi connectivity index (χ2n) is 7.41. The average molecular weight is 438 g/mol. The predicted octanol–water partition coefficient (Wildman–Crippen LogP) is 3.39. The van der Waals surface area contributed by atoms with E-state index in [4.69, 9.17) is 22.4 Å². The number of nitrogens with one attached hydrogen (secondary N) is 1. The standard InChI is InChI=1S/C19H18BF3N2O6/c1-17(2,3)31-16(28)25-18(20,29)11-8-13(19(21,22)23)24-14(9-11)30-12-6-4-5-10(7-12)15(26)27/h4-9,29H,1-3H3,(H,25,28)(H,26,27). The Hall–Kier alpha value is -3.28. The number of alkyl halides is 3. The summed E-state index contributed by atoms with van der Waals surface area (Å²) in [7, 11) is 5.61. The first-order valence-corrected chi connectivity index (χ1v) is 8.70. The van der Waals surface area contributed by atoms with E-state index in [1.807, 2.05) is 5.32 Å². The Morgan fingerprint density at radius 3 is 2.32 bits per heavy atom. The summed E-state index contributed by atoms with van der Waals surface area (Å²) in [5.74, 6) is -2.05. The summed E-state index contributed by atoms with van der Waals surface area (Å²) in [5.41, 5.74) is -5.98. The molecule has 31 heavy (non-hydrogen) atoms. The molecule has 3 N–H and O–H groups in total. The lowest BCUT2D eigenvalue weighted by Gasteiger charge is -2.29. The second kappa shape index (κ2) is 8.46. The minimum Gasteiger partial charge on any atom is -0.478 e. The van der Waals surface area contributed by atoms with Crippen molar-refractivity contribution in [1.29, 1.82) is 0 Å². The Morgan fingerprint density at radius 1 is 1.13 bits per heavy atom. The number of amides is 1. The quantitative estimate of drug-likeness (QED) is 0.484. The van der Waals surface area contributed by atoms with Crippen LogP contribution < -0.4 is 10.1 Å². The van der Waals surface area contributed by atoms with E-state index in [1.54, 1.807) is 0 Å². The van der Waals surface area contributed by atoms with Crippen molar-refractivity contribution < 1.29 is 42.4 Å². The van der Waals surface area contributed by atoms with Crippen LogP contribution in [-0.4, -0.2) is 40.7 Å². The van der Waals surface area contributed by atoms with Gasteiger partial charge >= 0.3 is 18.2 Å². The average Bonchev–Trinajstić information content (AvgIpc) is 2.58. The summed E-state index contributed by atoms with van der Waals surface area (Å²) < 4.78 is 50.1. The van der Waals surface area contributed by atoms with Gasteiger partial charge in [0.05, 0.1) is 5.56 Å². The topological polar surface area (TPSA) is 118 Å². The van der Waals surface area contributed by atoms with Gasteiger partial charge in [-0.05, 0) is 45.0 Å². The summed E-state index contributed by atoms with van der Waals surface area (Å²) in [5, 5.41) is 21.3. The van der Waals surface area contributed by atoms with Crippen molar-refractivity contribution in [2.75, 3.05) is 0 Å².